The van der Waals surface area contributed by atoms with Crippen LogP contribution in [0.5, 0.6) is 0 Å². The van der Waals surface area contributed by atoms with Crippen LogP contribution in [0, 0.1) is 0 Å². The number of pyridine rings is 1. The summed E-state index contributed by atoms with van der Waals surface area (Å²) in [6.45, 7) is 1.70. The minimum absolute atomic E-state index is 0.510. The number of aliphatic hydroxyl groups excluding tert-OH is 1. The summed E-state index contributed by atoms with van der Waals surface area (Å²) in [7, 11) is 0. The Labute approximate surface area is 96.2 Å². The van der Waals surface area contributed by atoms with Crippen LogP contribution in [0.15, 0.2) is 39.1 Å². The third-order valence-electron chi connectivity index (χ3n) is 1.80. The van der Waals surface area contributed by atoms with Crippen LogP contribution in [-0.2, 0) is 0 Å². The van der Waals surface area contributed by atoms with E-state index in [2.05, 4.69) is 9.97 Å². The molecule has 0 aliphatic carbocycles. The van der Waals surface area contributed by atoms with Crippen LogP contribution in [0.2, 0.25) is 0 Å². The van der Waals surface area contributed by atoms with Crippen molar-refractivity contribution in [3.8, 4) is 0 Å². The van der Waals surface area contributed by atoms with E-state index in [-0.39, 0.29) is 0 Å². The highest BCUT2D eigenvalue weighted by Crippen LogP contribution is 2.28. The monoisotopic (exact) mass is 238 g/mol. The lowest BCUT2D eigenvalue weighted by atomic mass is 10.2. The van der Waals surface area contributed by atoms with Crippen molar-refractivity contribution in [1.29, 1.82) is 0 Å². The minimum Gasteiger partial charge on any atom is -0.387 e. The van der Waals surface area contributed by atoms with Crippen molar-refractivity contribution in [3.05, 3.63) is 35.6 Å². The smallest absolute Gasteiger partial charge is 0.154 e. The van der Waals surface area contributed by atoms with Crippen molar-refractivity contribution < 1.29 is 5.11 Å². The van der Waals surface area contributed by atoms with E-state index >= 15 is 0 Å². The molecule has 5 heteroatoms. The molecule has 0 unspecified atom stereocenters. The molecule has 3 nitrogen and oxygen atoms in total. The quantitative estimate of drug-likeness (QED) is 0.893. The topological polar surface area (TPSA) is 46.0 Å². The van der Waals surface area contributed by atoms with Gasteiger partial charge in [0.25, 0.3) is 0 Å². The molecule has 0 saturated carbocycles. The van der Waals surface area contributed by atoms with Gasteiger partial charge < -0.3 is 5.11 Å². The summed E-state index contributed by atoms with van der Waals surface area (Å²) in [6.07, 6.45) is 3.03. The predicted octanol–water partition coefficient (Wildman–Crippen LogP) is 2.74. The third-order valence-corrected chi connectivity index (χ3v) is 3.66. The molecule has 15 heavy (non-hydrogen) atoms. The Morgan fingerprint density at radius 1 is 1.40 bits per heavy atom. The maximum absolute atomic E-state index is 9.29. The number of aromatic nitrogens is 2. The Morgan fingerprint density at radius 2 is 2.27 bits per heavy atom. The third kappa shape index (κ3) is 2.77. The molecule has 2 aromatic heterocycles. The van der Waals surface area contributed by atoms with Crippen LogP contribution in [0.25, 0.3) is 0 Å². The molecule has 0 spiro atoms. The molecule has 1 N–H and O–H groups in total. The second-order valence-electron chi connectivity index (χ2n) is 2.99. The fourth-order valence-electron chi connectivity index (χ4n) is 1.06. The fourth-order valence-corrected chi connectivity index (χ4v) is 2.63. The van der Waals surface area contributed by atoms with Crippen LogP contribution in [0.4, 0.5) is 0 Å². The van der Waals surface area contributed by atoms with E-state index in [0.717, 1.165) is 9.24 Å². The number of rotatable bonds is 3. The molecule has 1 atom stereocenters. The van der Waals surface area contributed by atoms with Crippen molar-refractivity contribution in [2.75, 3.05) is 0 Å². The maximum atomic E-state index is 9.29. The van der Waals surface area contributed by atoms with Gasteiger partial charge in [0.1, 0.15) is 0 Å². The first kappa shape index (κ1) is 10.6. The van der Waals surface area contributed by atoms with Crippen LogP contribution < -0.4 is 0 Å². The molecule has 0 fully saturated rings. The van der Waals surface area contributed by atoms with Gasteiger partial charge in [0.15, 0.2) is 4.34 Å². The van der Waals surface area contributed by atoms with E-state index in [9.17, 15) is 5.11 Å². The molecule has 2 aromatic rings. The normalized spacial score (nSPS) is 12.7. The summed E-state index contributed by atoms with van der Waals surface area (Å²) in [6, 6.07) is 3.78. The molecule has 0 aliphatic rings. The SMILES string of the molecule is C[C@H](O)c1ccc(Sc2nccs2)cn1. The lowest BCUT2D eigenvalue weighted by Gasteiger charge is -2.03. The molecule has 0 amide bonds. The molecule has 0 radical (unpaired) electrons. The zero-order chi connectivity index (χ0) is 10.7. The van der Waals surface area contributed by atoms with Gasteiger partial charge in [-0.05, 0) is 19.1 Å². The van der Waals surface area contributed by atoms with Gasteiger partial charge in [0, 0.05) is 22.7 Å². The van der Waals surface area contributed by atoms with Crippen molar-refractivity contribution in [2.24, 2.45) is 0 Å². The number of nitrogens with zero attached hydrogens (tertiary/aromatic N) is 2. The van der Waals surface area contributed by atoms with Crippen LogP contribution in [0.1, 0.15) is 18.7 Å². The standard InChI is InChI=1S/C10H10N2OS2/c1-7(13)9-3-2-8(6-12-9)15-10-11-4-5-14-10/h2-7,13H,1H3/t7-/m0/s1. The highest BCUT2D eigenvalue weighted by molar-refractivity contribution is 8.01. The van der Waals surface area contributed by atoms with Crippen molar-refractivity contribution in [3.63, 3.8) is 0 Å². The molecular formula is C10H10N2OS2. The molecule has 2 rings (SSSR count). The van der Waals surface area contributed by atoms with Gasteiger partial charge in [0.05, 0.1) is 11.8 Å². The Bertz CT molecular complexity index is 411. The molecule has 0 bridgehead atoms. The number of thiazole rings is 1. The molecule has 0 saturated heterocycles. The molecule has 2 heterocycles. The van der Waals surface area contributed by atoms with E-state index in [1.165, 1.54) is 0 Å². The number of hydrogen-bond donors (Lipinski definition) is 1. The van der Waals surface area contributed by atoms with E-state index < -0.39 is 6.10 Å². The first-order valence-corrected chi connectivity index (χ1v) is 6.16. The first-order chi connectivity index (χ1) is 7.25. The van der Waals surface area contributed by atoms with Gasteiger partial charge in [-0.3, -0.25) is 4.98 Å². The minimum atomic E-state index is -0.510. The van der Waals surface area contributed by atoms with Gasteiger partial charge in [0.2, 0.25) is 0 Å². The van der Waals surface area contributed by atoms with E-state index in [0.29, 0.717) is 5.69 Å². The largest absolute Gasteiger partial charge is 0.387 e. The Morgan fingerprint density at radius 3 is 2.80 bits per heavy atom. The number of hydrogen-bond acceptors (Lipinski definition) is 5. The van der Waals surface area contributed by atoms with Crippen molar-refractivity contribution >= 4 is 23.1 Å². The Hall–Kier alpha value is -0.910. The predicted molar refractivity (Wildman–Crippen MR) is 61.1 cm³/mol. The molecular weight excluding hydrogens is 228 g/mol. The average molecular weight is 238 g/mol. The lowest BCUT2D eigenvalue weighted by Crippen LogP contribution is -1.94. The van der Waals surface area contributed by atoms with Crippen LogP contribution >= 0.6 is 23.1 Å². The number of aliphatic hydroxyl groups is 1. The highest BCUT2D eigenvalue weighted by atomic mass is 32.2. The highest BCUT2D eigenvalue weighted by Gasteiger charge is 2.03. The summed E-state index contributed by atoms with van der Waals surface area (Å²) >= 11 is 3.18. The average Bonchev–Trinajstić information content (AvgIpc) is 2.71. The maximum Gasteiger partial charge on any atom is 0.154 e. The summed E-state index contributed by atoms with van der Waals surface area (Å²) < 4.78 is 1.00. The fraction of sp³-hybridized carbons (Fsp3) is 0.200. The first-order valence-electron chi connectivity index (χ1n) is 4.47. The summed E-state index contributed by atoms with van der Waals surface area (Å²) in [5.74, 6) is 0. The van der Waals surface area contributed by atoms with Gasteiger partial charge in [-0.25, -0.2) is 4.98 Å². The van der Waals surface area contributed by atoms with E-state index in [1.807, 2.05) is 17.5 Å². The second kappa shape index (κ2) is 4.74. The molecule has 78 valence electrons. The Balaban J connectivity index is 2.11. The van der Waals surface area contributed by atoms with Gasteiger partial charge in [-0.2, -0.15) is 0 Å². The zero-order valence-corrected chi connectivity index (χ0v) is 9.76. The van der Waals surface area contributed by atoms with Gasteiger partial charge >= 0.3 is 0 Å². The van der Waals surface area contributed by atoms with Crippen molar-refractivity contribution in [2.45, 2.75) is 22.3 Å². The van der Waals surface area contributed by atoms with Gasteiger partial charge in [-0.15, -0.1) is 11.3 Å². The second-order valence-corrected chi connectivity index (χ2v) is 5.21. The van der Waals surface area contributed by atoms with Crippen molar-refractivity contribution in [1.82, 2.24) is 9.97 Å². The molecule has 0 aromatic carbocycles. The molecule has 0 aliphatic heterocycles. The lowest BCUT2D eigenvalue weighted by molar-refractivity contribution is 0.194. The van der Waals surface area contributed by atoms with Crippen LogP contribution in [0.3, 0.4) is 0 Å². The van der Waals surface area contributed by atoms with Crippen LogP contribution in [-0.4, -0.2) is 15.1 Å². The Kier molecular flexibility index (Phi) is 3.35. The summed E-state index contributed by atoms with van der Waals surface area (Å²) in [5, 5.41) is 11.2. The summed E-state index contributed by atoms with van der Waals surface area (Å²) in [4.78, 5) is 9.37. The van der Waals surface area contributed by atoms with Gasteiger partial charge in [-0.1, -0.05) is 11.8 Å². The van der Waals surface area contributed by atoms with E-state index in [1.54, 1.807) is 42.4 Å². The summed E-state index contributed by atoms with van der Waals surface area (Å²) in [5.41, 5.74) is 0.693. The van der Waals surface area contributed by atoms with E-state index in [4.69, 9.17) is 0 Å². The zero-order valence-electron chi connectivity index (χ0n) is 8.12.